The summed E-state index contributed by atoms with van der Waals surface area (Å²) >= 11 is 10.6. The summed E-state index contributed by atoms with van der Waals surface area (Å²) in [5.74, 6) is 0. The quantitative estimate of drug-likeness (QED) is 0.375. The van der Waals surface area contributed by atoms with Crippen LogP contribution in [0.5, 0.6) is 0 Å². The van der Waals surface area contributed by atoms with Crippen LogP contribution in [-0.4, -0.2) is 4.98 Å². The maximum absolute atomic E-state index is 5.71. The van der Waals surface area contributed by atoms with Gasteiger partial charge in [-0.1, -0.05) is 17.7 Å². The van der Waals surface area contributed by atoms with E-state index in [4.69, 9.17) is 24.2 Å². The first-order valence-electron chi connectivity index (χ1n) is 2.50. The van der Waals surface area contributed by atoms with E-state index >= 15 is 0 Å². The summed E-state index contributed by atoms with van der Waals surface area (Å²) < 4.78 is 0. The molecule has 1 rings (SSSR count). The second-order valence-corrected chi connectivity index (χ2v) is 2.53. The fraction of sp³-hybridized carbons (Fsp3) is 0.167. The Labute approximate surface area is 92.9 Å². The van der Waals surface area contributed by atoms with Crippen molar-refractivity contribution in [3.8, 4) is 0 Å². The van der Waals surface area contributed by atoms with E-state index in [1.165, 1.54) is 0 Å². The van der Waals surface area contributed by atoms with Gasteiger partial charge in [0.2, 0.25) is 0 Å². The molecule has 0 saturated carbocycles. The van der Waals surface area contributed by atoms with Crippen molar-refractivity contribution >= 4 is 24.2 Å². The van der Waals surface area contributed by atoms with Gasteiger partial charge in [0, 0.05) is 11.2 Å². The number of rotatable bonds is 0. The number of pyridine rings is 1. The zero-order chi connectivity index (χ0) is 6.85. The minimum atomic E-state index is 0. The van der Waals surface area contributed by atoms with Gasteiger partial charge in [-0.2, -0.15) is 4.90 Å². The van der Waals surface area contributed by atoms with E-state index in [-0.39, 0.29) is 29.6 Å². The van der Waals surface area contributed by atoms with Gasteiger partial charge in [-0.05, 0) is 6.92 Å². The molecule has 0 N–H and O–H groups in total. The third-order valence-electron chi connectivity index (χ3n) is 1.03. The second-order valence-electron chi connectivity index (χ2n) is 1.71. The molecule has 0 radical (unpaired) electrons. The van der Waals surface area contributed by atoms with Crippen LogP contribution in [-0.2, 0) is 12.6 Å². The van der Waals surface area contributed by atoms with Crippen molar-refractivity contribution < 1.29 is 29.6 Å². The first-order valence-corrected chi connectivity index (χ1v) is 3.28. The Hall–Kier alpha value is 0.660. The Morgan fingerprint density at radius 1 is 1.60 bits per heavy atom. The van der Waals surface area contributed by atoms with Gasteiger partial charge >= 0.3 is 29.6 Å². The molecule has 1 aromatic heterocycles. The molecular formula is C6H5ClNNaS. The topological polar surface area (TPSA) is 12.9 Å². The molecule has 0 bridgehead atoms. The van der Waals surface area contributed by atoms with E-state index in [9.17, 15) is 0 Å². The Balaban J connectivity index is 0.000000810. The van der Waals surface area contributed by atoms with Gasteiger partial charge < -0.3 is 12.6 Å². The molecule has 1 aromatic rings. The Morgan fingerprint density at radius 3 is 2.60 bits per heavy atom. The van der Waals surface area contributed by atoms with Gasteiger partial charge in [0.1, 0.15) is 0 Å². The number of aryl methyl sites for hydroxylation is 1. The monoisotopic (exact) mass is 181 g/mol. The summed E-state index contributed by atoms with van der Waals surface area (Å²) in [5, 5.41) is 0.590. The summed E-state index contributed by atoms with van der Waals surface area (Å²) in [6, 6.07) is 1.71. The van der Waals surface area contributed by atoms with Crippen LogP contribution in [0.1, 0.15) is 5.69 Å². The van der Waals surface area contributed by atoms with Crippen molar-refractivity contribution in [2.75, 3.05) is 0 Å². The van der Waals surface area contributed by atoms with Crippen LogP contribution in [0.25, 0.3) is 0 Å². The van der Waals surface area contributed by atoms with E-state index in [1.807, 2.05) is 6.92 Å². The van der Waals surface area contributed by atoms with Crippen LogP contribution in [0.15, 0.2) is 17.2 Å². The van der Waals surface area contributed by atoms with Crippen molar-refractivity contribution in [1.29, 1.82) is 0 Å². The van der Waals surface area contributed by atoms with E-state index in [0.717, 1.165) is 5.69 Å². The Kier molecular flexibility index (Phi) is 4.82. The number of halogens is 1. The predicted octanol–water partition coefficient (Wildman–Crippen LogP) is -1.05. The number of hydrogen-bond acceptors (Lipinski definition) is 2. The molecule has 0 spiro atoms. The van der Waals surface area contributed by atoms with Gasteiger partial charge in [-0.25, -0.2) is 0 Å². The van der Waals surface area contributed by atoms with Crippen LogP contribution < -0.4 is 29.6 Å². The van der Waals surface area contributed by atoms with Crippen molar-refractivity contribution in [2.24, 2.45) is 0 Å². The van der Waals surface area contributed by atoms with Crippen LogP contribution in [0, 0.1) is 6.92 Å². The molecular weight excluding hydrogens is 177 g/mol. The third-order valence-corrected chi connectivity index (χ3v) is 1.96. The molecule has 0 atom stereocenters. The molecule has 0 unspecified atom stereocenters. The average Bonchev–Trinajstić information content (AvgIpc) is 1.83. The SMILES string of the molecule is Cc1nccc([S-])c1Cl.[Na+]. The largest absolute Gasteiger partial charge is 1.00 e. The minimum absolute atomic E-state index is 0. The van der Waals surface area contributed by atoms with E-state index in [0.29, 0.717) is 9.92 Å². The maximum Gasteiger partial charge on any atom is 1.00 e. The summed E-state index contributed by atoms with van der Waals surface area (Å²) in [4.78, 5) is 4.61. The van der Waals surface area contributed by atoms with Crippen molar-refractivity contribution in [3.05, 3.63) is 23.0 Å². The van der Waals surface area contributed by atoms with Crippen molar-refractivity contribution in [3.63, 3.8) is 0 Å². The molecule has 0 fully saturated rings. The summed E-state index contributed by atoms with van der Waals surface area (Å²) in [6.07, 6.45) is 1.66. The van der Waals surface area contributed by atoms with Gasteiger partial charge in [0.25, 0.3) is 0 Å². The predicted molar refractivity (Wildman–Crippen MR) is 39.6 cm³/mol. The van der Waals surface area contributed by atoms with Gasteiger partial charge in [0.05, 0.1) is 5.69 Å². The zero-order valence-electron chi connectivity index (χ0n) is 5.89. The zero-order valence-corrected chi connectivity index (χ0v) is 9.46. The second kappa shape index (κ2) is 4.52. The third kappa shape index (κ3) is 2.36. The Bertz CT molecular complexity index is 209. The molecule has 1 nitrogen and oxygen atoms in total. The van der Waals surface area contributed by atoms with E-state index in [1.54, 1.807) is 12.3 Å². The first-order chi connectivity index (χ1) is 4.22. The molecule has 0 saturated heterocycles. The number of aromatic nitrogens is 1. The van der Waals surface area contributed by atoms with Crippen LogP contribution in [0.3, 0.4) is 0 Å². The van der Waals surface area contributed by atoms with Crippen LogP contribution >= 0.6 is 11.6 Å². The fourth-order valence-corrected chi connectivity index (χ4v) is 0.845. The molecule has 10 heavy (non-hydrogen) atoms. The van der Waals surface area contributed by atoms with Gasteiger partial charge in [0.15, 0.2) is 0 Å². The summed E-state index contributed by atoms with van der Waals surface area (Å²) in [5.41, 5.74) is 0.796. The van der Waals surface area contributed by atoms with Crippen molar-refractivity contribution in [1.82, 2.24) is 4.98 Å². The van der Waals surface area contributed by atoms with E-state index < -0.39 is 0 Å². The van der Waals surface area contributed by atoms with Gasteiger partial charge in [-0.15, -0.1) is 0 Å². The Morgan fingerprint density at radius 2 is 2.20 bits per heavy atom. The van der Waals surface area contributed by atoms with Gasteiger partial charge in [-0.3, -0.25) is 4.98 Å². The average molecular weight is 182 g/mol. The minimum Gasteiger partial charge on any atom is -0.778 e. The number of nitrogens with zero attached hydrogens (tertiary/aromatic N) is 1. The van der Waals surface area contributed by atoms with E-state index in [2.05, 4.69) is 4.98 Å². The first kappa shape index (κ1) is 10.7. The maximum atomic E-state index is 5.71. The molecule has 0 aliphatic heterocycles. The summed E-state index contributed by atoms with van der Waals surface area (Å²) in [7, 11) is 0. The van der Waals surface area contributed by atoms with Crippen molar-refractivity contribution in [2.45, 2.75) is 11.8 Å². The smallest absolute Gasteiger partial charge is 0.778 e. The normalized spacial score (nSPS) is 8.60. The molecule has 0 aliphatic rings. The number of hydrogen-bond donors (Lipinski definition) is 0. The molecule has 1 heterocycles. The fourth-order valence-electron chi connectivity index (χ4n) is 0.525. The molecule has 4 heteroatoms. The molecule has 0 aliphatic carbocycles. The van der Waals surface area contributed by atoms with Crippen LogP contribution in [0.4, 0.5) is 0 Å². The van der Waals surface area contributed by atoms with Crippen LogP contribution in [0.2, 0.25) is 5.02 Å². The standard InChI is InChI=1S/C6H6ClNS.Na/c1-4-6(7)5(9)2-3-8-4;/h2-3H,1H3,(H,8,9);/q;+1/p-1. The molecule has 0 amide bonds. The summed E-state index contributed by atoms with van der Waals surface area (Å²) in [6.45, 7) is 1.83. The molecule has 0 aromatic carbocycles. The molecule has 48 valence electrons.